The van der Waals surface area contributed by atoms with Crippen molar-refractivity contribution in [1.29, 1.82) is 0 Å². The standard InChI is InChI=1S/C13H15ClN2S/c1-2-7-15-12(13-16-8-9-17-13)10-3-5-11(14)6-4-10/h3-6,8-9,12,15H,2,7H2,1H3. The van der Waals surface area contributed by atoms with Crippen LogP contribution in [0.1, 0.15) is 30.0 Å². The van der Waals surface area contributed by atoms with Crippen molar-refractivity contribution in [2.45, 2.75) is 19.4 Å². The Morgan fingerprint density at radius 1 is 1.35 bits per heavy atom. The van der Waals surface area contributed by atoms with E-state index in [2.05, 4.69) is 29.4 Å². The third-order valence-electron chi connectivity index (χ3n) is 2.50. The Morgan fingerprint density at radius 2 is 2.12 bits per heavy atom. The van der Waals surface area contributed by atoms with Gasteiger partial charge in [-0.15, -0.1) is 11.3 Å². The van der Waals surface area contributed by atoms with Crippen LogP contribution >= 0.6 is 22.9 Å². The molecule has 4 heteroatoms. The Bertz CT molecular complexity index is 439. The molecule has 0 fully saturated rings. The molecule has 0 aliphatic rings. The molecule has 2 rings (SSSR count). The van der Waals surface area contributed by atoms with E-state index in [9.17, 15) is 0 Å². The third-order valence-corrected chi connectivity index (χ3v) is 3.59. The van der Waals surface area contributed by atoms with Gasteiger partial charge in [-0.05, 0) is 30.7 Å². The Labute approximate surface area is 111 Å². The number of thiazole rings is 1. The van der Waals surface area contributed by atoms with Crippen LogP contribution < -0.4 is 5.32 Å². The van der Waals surface area contributed by atoms with Gasteiger partial charge in [0.1, 0.15) is 5.01 Å². The molecule has 1 N–H and O–H groups in total. The van der Waals surface area contributed by atoms with Crippen LogP contribution in [0.2, 0.25) is 5.02 Å². The quantitative estimate of drug-likeness (QED) is 0.888. The summed E-state index contributed by atoms with van der Waals surface area (Å²) in [6.07, 6.45) is 2.95. The molecule has 0 aliphatic heterocycles. The smallest absolute Gasteiger partial charge is 0.114 e. The van der Waals surface area contributed by atoms with Crippen molar-refractivity contribution in [3.63, 3.8) is 0 Å². The minimum Gasteiger partial charge on any atom is -0.304 e. The minimum atomic E-state index is 0.173. The van der Waals surface area contributed by atoms with Crippen LogP contribution in [0.5, 0.6) is 0 Å². The summed E-state index contributed by atoms with van der Waals surface area (Å²) >= 11 is 7.59. The van der Waals surface area contributed by atoms with Gasteiger partial charge in [0.05, 0.1) is 6.04 Å². The van der Waals surface area contributed by atoms with Crippen molar-refractivity contribution in [2.75, 3.05) is 6.54 Å². The van der Waals surface area contributed by atoms with Crippen LogP contribution in [0, 0.1) is 0 Å². The monoisotopic (exact) mass is 266 g/mol. The predicted octanol–water partition coefficient (Wildman–Crippen LogP) is 3.89. The zero-order valence-electron chi connectivity index (χ0n) is 9.69. The van der Waals surface area contributed by atoms with Gasteiger partial charge in [0.25, 0.3) is 0 Å². The molecular formula is C13H15ClN2S. The first-order valence-electron chi connectivity index (χ1n) is 5.69. The van der Waals surface area contributed by atoms with Gasteiger partial charge >= 0.3 is 0 Å². The largest absolute Gasteiger partial charge is 0.304 e. The van der Waals surface area contributed by atoms with E-state index in [0.29, 0.717) is 0 Å². The van der Waals surface area contributed by atoms with Crippen molar-refractivity contribution in [1.82, 2.24) is 10.3 Å². The van der Waals surface area contributed by atoms with E-state index in [1.807, 2.05) is 23.7 Å². The van der Waals surface area contributed by atoms with Crippen LogP contribution in [-0.2, 0) is 0 Å². The molecular weight excluding hydrogens is 252 g/mol. The number of hydrogen-bond acceptors (Lipinski definition) is 3. The van der Waals surface area contributed by atoms with Crippen molar-refractivity contribution in [3.05, 3.63) is 51.4 Å². The number of benzene rings is 1. The highest BCUT2D eigenvalue weighted by molar-refractivity contribution is 7.09. The minimum absolute atomic E-state index is 0.173. The molecule has 1 aromatic heterocycles. The SMILES string of the molecule is CCCNC(c1ccc(Cl)cc1)c1nccs1. The van der Waals surface area contributed by atoms with Crippen LogP contribution in [0.25, 0.3) is 0 Å². The second-order valence-corrected chi connectivity index (χ2v) is 5.17. The normalized spacial score (nSPS) is 12.6. The molecule has 0 saturated heterocycles. The van der Waals surface area contributed by atoms with Crippen molar-refractivity contribution in [3.8, 4) is 0 Å². The molecule has 0 aliphatic carbocycles. The Kier molecular flexibility index (Phi) is 4.54. The number of halogens is 1. The van der Waals surface area contributed by atoms with Gasteiger partial charge in [0.15, 0.2) is 0 Å². The fourth-order valence-electron chi connectivity index (χ4n) is 1.67. The fraction of sp³-hybridized carbons (Fsp3) is 0.308. The molecule has 17 heavy (non-hydrogen) atoms. The lowest BCUT2D eigenvalue weighted by Crippen LogP contribution is -2.22. The molecule has 2 nitrogen and oxygen atoms in total. The van der Waals surface area contributed by atoms with Crippen LogP contribution in [0.15, 0.2) is 35.8 Å². The summed E-state index contributed by atoms with van der Waals surface area (Å²) in [5.74, 6) is 0. The average Bonchev–Trinajstić information content (AvgIpc) is 2.85. The highest BCUT2D eigenvalue weighted by Crippen LogP contribution is 2.24. The summed E-state index contributed by atoms with van der Waals surface area (Å²) in [6.45, 7) is 3.14. The zero-order valence-corrected chi connectivity index (χ0v) is 11.3. The highest BCUT2D eigenvalue weighted by atomic mass is 35.5. The van der Waals surface area contributed by atoms with E-state index >= 15 is 0 Å². The van der Waals surface area contributed by atoms with Crippen molar-refractivity contribution >= 4 is 22.9 Å². The van der Waals surface area contributed by atoms with E-state index in [1.165, 1.54) is 5.56 Å². The molecule has 0 spiro atoms. The summed E-state index contributed by atoms with van der Waals surface area (Å²) in [7, 11) is 0. The van der Waals surface area contributed by atoms with Gasteiger partial charge in [-0.2, -0.15) is 0 Å². The first kappa shape index (κ1) is 12.6. The van der Waals surface area contributed by atoms with E-state index in [-0.39, 0.29) is 6.04 Å². The maximum absolute atomic E-state index is 5.91. The van der Waals surface area contributed by atoms with E-state index in [0.717, 1.165) is 23.0 Å². The highest BCUT2D eigenvalue weighted by Gasteiger charge is 2.15. The van der Waals surface area contributed by atoms with Crippen molar-refractivity contribution in [2.24, 2.45) is 0 Å². The number of nitrogens with zero attached hydrogens (tertiary/aromatic N) is 1. The van der Waals surface area contributed by atoms with Crippen LogP contribution in [0.3, 0.4) is 0 Å². The number of hydrogen-bond donors (Lipinski definition) is 1. The Hall–Kier alpha value is -0.900. The maximum atomic E-state index is 5.91. The Balaban J connectivity index is 2.23. The summed E-state index contributed by atoms with van der Waals surface area (Å²) in [6, 6.07) is 8.12. The van der Waals surface area contributed by atoms with Gasteiger partial charge in [-0.3, -0.25) is 0 Å². The lowest BCUT2D eigenvalue weighted by molar-refractivity contribution is 0.596. The lowest BCUT2D eigenvalue weighted by Gasteiger charge is -2.16. The van der Waals surface area contributed by atoms with E-state index in [1.54, 1.807) is 11.3 Å². The molecule has 0 saturated carbocycles. The first-order valence-corrected chi connectivity index (χ1v) is 6.95. The lowest BCUT2D eigenvalue weighted by atomic mass is 10.1. The van der Waals surface area contributed by atoms with Gasteiger partial charge < -0.3 is 5.32 Å². The van der Waals surface area contributed by atoms with Crippen LogP contribution in [-0.4, -0.2) is 11.5 Å². The van der Waals surface area contributed by atoms with Crippen molar-refractivity contribution < 1.29 is 0 Å². The van der Waals surface area contributed by atoms with Gasteiger partial charge in [0.2, 0.25) is 0 Å². The fourth-order valence-corrected chi connectivity index (χ4v) is 2.53. The summed E-state index contributed by atoms with van der Waals surface area (Å²) in [5.41, 5.74) is 1.21. The Morgan fingerprint density at radius 3 is 2.71 bits per heavy atom. The summed E-state index contributed by atoms with van der Waals surface area (Å²) in [5, 5.41) is 7.38. The molecule has 2 aromatic rings. The maximum Gasteiger partial charge on any atom is 0.114 e. The molecule has 1 atom stereocenters. The molecule has 1 aromatic carbocycles. The number of rotatable bonds is 5. The average molecular weight is 267 g/mol. The first-order chi connectivity index (χ1) is 8.31. The van der Waals surface area contributed by atoms with E-state index in [4.69, 9.17) is 11.6 Å². The van der Waals surface area contributed by atoms with Crippen LogP contribution in [0.4, 0.5) is 0 Å². The zero-order chi connectivity index (χ0) is 12.1. The number of aromatic nitrogens is 1. The number of nitrogens with one attached hydrogen (secondary N) is 1. The van der Waals surface area contributed by atoms with Gasteiger partial charge in [-0.1, -0.05) is 30.7 Å². The molecule has 1 heterocycles. The molecule has 1 unspecified atom stereocenters. The second kappa shape index (κ2) is 6.15. The van der Waals surface area contributed by atoms with E-state index < -0.39 is 0 Å². The molecule has 0 amide bonds. The third kappa shape index (κ3) is 3.28. The molecule has 90 valence electrons. The second-order valence-electron chi connectivity index (χ2n) is 3.81. The van der Waals surface area contributed by atoms with Gasteiger partial charge in [0, 0.05) is 16.6 Å². The molecule has 0 radical (unpaired) electrons. The van der Waals surface area contributed by atoms with Gasteiger partial charge in [-0.25, -0.2) is 4.98 Å². The molecule has 0 bridgehead atoms. The summed E-state index contributed by atoms with van der Waals surface area (Å²) < 4.78 is 0. The summed E-state index contributed by atoms with van der Waals surface area (Å²) in [4.78, 5) is 4.39. The topological polar surface area (TPSA) is 24.9 Å². The predicted molar refractivity (Wildman–Crippen MR) is 73.7 cm³/mol.